The number of hydrogen-bond donors (Lipinski definition) is 3. The Morgan fingerprint density at radius 1 is 1.05 bits per heavy atom. The first-order valence-corrected chi connectivity index (χ1v) is 13.6. The second-order valence-corrected chi connectivity index (χ2v) is 10.4. The summed E-state index contributed by atoms with van der Waals surface area (Å²) in [5.74, 6) is -1.68. The molecule has 1 unspecified atom stereocenters. The second kappa shape index (κ2) is 11.6. The van der Waals surface area contributed by atoms with Crippen molar-refractivity contribution in [1.82, 2.24) is 0 Å². The first-order valence-electron chi connectivity index (χ1n) is 12.7. The number of hydrogen-bond acceptors (Lipinski definition) is 9. The smallest absolute Gasteiger partial charge is 0.338 e. The summed E-state index contributed by atoms with van der Waals surface area (Å²) in [6, 6.07) is 17.7. The molecule has 2 aliphatic rings. The molecule has 1 saturated heterocycles. The summed E-state index contributed by atoms with van der Waals surface area (Å²) in [6.07, 6.45) is -0.171. The van der Waals surface area contributed by atoms with E-state index in [1.807, 2.05) is 19.1 Å². The number of phenolic OH excluding ortho intramolecular Hbond substituents is 1. The molecule has 2 aliphatic heterocycles. The number of phenols is 1. The minimum Gasteiger partial charge on any atom is -0.508 e. The lowest BCUT2D eigenvalue weighted by atomic mass is 10.1. The predicted octanol–water partition coefficient (Wildman–Crippen LogP) is 4.07. The van der Waals surface area contributed by atoms with Crippen LogP contribution in [0.5, 0.6) is 5.75 Å². The van der Waals surface area contributed by atoms with Crippen LogP contribution < -0.4 is 15.5 Å². The van der Waals surface area contributed by atoms with Crippen molar-refractivity contribution in [1.29, 1.82) is 0 Å². The number of anilines is 3. The molecule has 3 N–H and O–H groups in total. The lowest BCUT2D eigenvalue weighted by Crippen LogP contribution is -2.33. The van der Waals surface area contributed by atoms with Crippen LogP contribution in [0.15, 0.2) is 76.9 Å². The summed E-state index contributed by atoms with van der Waals surface area (Å²) < 4.78 is 4.97. The van der Waals surface area contributed by atoms with Gasteiger partial charge in [0.25, 0.3) is 5.91 Å². The summed E-state index contributed by atoms with van der Waals surface area (Å²) >= 11 is 1.05. The molecule has 11 nitrogen and oxygen atoms in total. The highest BCUT2D eigenvalue weighted by Gasteiger charge is 2.40. The van der Waals surface area contributed by atoms with Crippen LogP contribution in [-0.2, 0) is 19.1 Å². The molecule has 3 aromatic carbocycles. The van der Waals surface area contributed by atoms with E-state index in [0.29, 0.717) is 28.2 Å². The zero-order chi connectivity index (χ0) is 29.1. The van der Waals surface area contributed by atoms with Gasteiger partial charge in [0.05, 0.1) is 23.5 Å². The molecule has 0 aliphatic carbocycles. The molecular weight excluding hydrogens is 546 g/mol. The fraction of sp³-hybridized carbons (Fsp3) is 0.172. The third-order valence-electron chi connectivity index (χ3n) is 6.22. The maximum Gasteiger partial charge on any atom is 0.338 e. The molecule has 0 aromatic heterocycles. The fourth-order valence-electron chi connectivity index (χ4n) is 4.25. The summed E-state index contributed by atoms with van der Waals surface area (Å²) in [4.78, 5) is 52.1. The van der Waals surface area contributed by atoms with Gasteiger partial charge in [-0.05, 0) is 74.5 Å². The van der Waals surface area contributed by atoms with E-state index in [-0.39, 0.29) is 29.7 Å². The van der Waals surface area contributed by atoms with Gasteiger partial charge in [0.2, 0.25) is 11.8 Å². The number of ether oxygens (including phenoxy) is 1. The maximum atomic E-state index is 13.5. The van der Waals surface area contributed by atoms with E-state index in [2.05, 4.69) is 20.8 Å². The number of carbonyl (C=O) groups excluding carboxylic acids is 4. The highest BCUT2D eigenvalue weighted by Crippen LogP contribution is 2.35. The molecule has 0 saturated carbocycles. The van der Waals surface area contributed by atoms with Gasteiger partial charge in [-0.2, -0.15) is 0 Å². The van der Waals surface area contributed by atoms with Gasteiger partial charge in [-0.3, -0.25) is 19.3 Å². The summed E-state index contributed by atoms with van der Waals surface area (Å²) in [7, 11) is 0. The summed E-state index contributed by atoms with van der Waals surface area (Å²) in [6.45, 7) is 3.87. The molecule has 1 fully saturated rings. The van der Waals surface area contributed by atoms with Crippen LogP contribution in [0, 0.1) is 6.92 Å². The topological polar surface area (TPSA) is 150 Å². The molecule has 3 aromatic rings. The summed E-state index contributed by atoms with van der Waals surface area (Å²) in [5.41, 5.74) is 3.51. The van der Waals surface area contributed by atoms with E-state index < -0.39 is 28.9 Å². The van der Waals surface area contributed by atoms with Gasteiger partial charge in [-0.25, -0.2) is 4.79 Å². The number of fused-ring (bicyclic) bond motifs is 1. The number of thioether (sulfide) groups is 1. The highest BCUT2D eigenvalue weighted by atomic mass is 32.2. The molecule has 1 atom stereocenters. The third-order valence-corrected chi connectivity index (χ3v) is 7.35. The number of nitrogens with one attached hydrogen (secondary N) is 2. The van der Waals surface area contributed by atoms with Crippen LogP contribution in [-0.4, -0.2) is 51.5 Å². The van der Waals surface area contributed by atoms with Crippen LogP contribution >= 0.6 is 11.8 Å². The average molecular weight is 572 g/mol. The second-order valence-electron chi connectivity index (χ2n) is 9.18. The van der Waals surface area contributed by atoms with Crippen molar-refractivity contribution in [3.05, 3.63) is 83.4 Å². The number of amides is 3. The van der Waals surface area contributed by atoms with Crippen molar-refractivity contribution in [2.24, 2.45) is 10.2 Å². The number of benzene rings is 3. The van der Waals surface area contributed by atoms with Crippen molar-refractivity contribution in [3.8, 4) is 5.75 Å². The molecular formula is C29H25N5O6S. The third kappa shape index (κ3) is 5.97. The largest absolute Gasteiger partial charge is 0.508 e. The first-order chi connectivity index (χ1) is 19.7. The van der Waals surface area contributed by atoms with Gasteiger partial charge in [-0.1, -0.05) is 23.4 Å². The van der Waals surface area contributed by atoms with E-state index in [0.717, 1.165) is 17.3 Å². The SMILES string of the molecule is CCOC(=O)c1ccc(NC(=O)CC2S/C(=N/N=C3\C(=O)Nc4ccc(C)cc43)N(c3ccc(O)cc3)C2=O)cc1. The van der Waals surface area contributed by atoms with Crippen LogP contribution in [0.25, 0.3) is 0 Å². The average Bonchev–Trinajstić information content (AvgIpc) is 3.42. The number of esters is 1. The lowest BCUT2D eigenvalue weighted by molar-refractivity contribution is -0.121. The standard InChI is InChI=1S/C29H25N5O6S/c1-3-40-28(39)17-5-7-18(8-6-17)30-24(36)15-23-27(38)34(19-9-11-20(35)12-10-19)29(41-23)33-32-25-21-14-16(2)4-13-22(21)31-26(25)37/h4-14,23,35H,3,15H2,1-2H3,(H,30,36)(H,31,32,37)/b33-29+. The Balaban J connectivity index is 1.37. The predicted molar refractivity (Wildman–Crippen MR) is 156 cm³/mol. The van der Waals surface area contributed by atoms with Crippen molar-refractivity contribution >= 4 is 63.4 Å². The highest BCUT2D eigenvalue weighted by molar-refractivity contribution is 8.16. The first kappa shape index (κ1) is 27.6. The van der Waals surface area contributed by atoms with Crippen molar-refractivity contribution in [3.63, 3.8) is 0 Å². The van der Waals surface area contributed by atoms with E-state index in [4.69, 9.17) is 4.74 Å². The Labute approximate surface area is 239 Å². The quantitative estimate of drug-likeness (QED) is 0.286. The zero-order valence-corrected chi connectivity index (χ0v) is 22.9. The summed E-state index contributed by atoms with van der Waals surface area (Å²) in [5, 5.41) is 23.0. The van der Waals surface area contributed by atoms with Gasteiger partial charge in [0.15, 0.2) is 10.9 Å². The normalized spacial score (nSPS) is 18.0. The number of nitrogens with zero attached hydrogens (tertiary/aromatic N) is 3. The Morgan fingerprint density at radius 3 is 2.49 bits per heavy atom. The molecule has 5 rings (SSSR count). The minimum atomic E-state index is -0.825. The Bertz CT molecular complexity index is 1600. The van der Waals surface area contributed by atoms with Crippen LogP contribution in [0.3, 0.4) is 0 Å². The van der Waals surface area contributed by atoms with Crippen molar-refractivity contribution < 1.29 is 29.0 Å². The van der Waals surface area contributed by atoms with Crippen molar-refractivity contribution in [2.45, 2.75) is 25.5 Å². The fourth-order valence-corrected chi connectivity index (χ4v) is 5.33. The van der Waals surface area contributed by atoms with Gasteiger partial charge in [0, 0.05) is 17.7 Å². The van der Waals surface area contributed by atoms with E-state index in [1.54, 1.807) is 49.4 Å². The monoisotopic (exact) mass is 571 g/mol. The van der Waals surface area contributed by atoms with E-state index >= 15 is 0 Å². The number of aryl methyl sites for hydroxylation is 1. The molecule has 0 bridgehead atoms. The van der Waals surface area contributed by atoms with Crippen LogP contribution in [0.2, 0.25) is 0 Å². The van der Waals surface area contributed by atoms with Gasteiger partial charge in [-0.15, -0.1) is 10.2 Å². The zero-order valence-electron chi connectivity index (χ0n) is 22.1. The molecule has 3 amide bonds. The van der Waals surface area contributed by atoms with Crippen LogP contribution in [0.1, 0.15) is 34.8 Å². The van der Waals surface area contributed by atoms with Crippen LogP contribution in [0.4, 0.5) is 17.1 Å². The number of carbonyl (C=O) groups is 4. The number of aromatic hydroxyl groups is 1. The maximum absolute atomic E-state index is 13.5. The minimum absolute atomic E-state index is 0.0197. The van der Waals surface area contributed by atoms with E-state index in [9.17, 15) is 24.3 Å². The molecule has 0 radical (unpaired) electrons. The molecule has 2 heterocycles. The number of rotatable bonds is 7. The molecule has 12 heteroatoms. The molecule has 0 spiro atoms. The molecule has 41 heavy (non-hydrogen) atoms. The Hall–Kier alpha value is -4.97. The van der Waals surface area contributed by atoms with Crippen molar-refractivity contribution in [2.75, 3.05) is 22.1 Å². The van der Waals surface area contributed by atoms with E-state index in [1.165, 1.54) is 17.0 Å². The molecule has 208 valence electrons. The Morgan fingerprint density at radius 2 is 1.78 bits per heavy atom. The van der Waals surface area contributed by atoms with Gasteiger partial charge >= 0.3 is 5.97 Å². The van der Waals surface area contributed by atoms with Gasteiger partial charge in [0.1, 0.15) is 11.0 Å². The Kier molecular flexibility index (Phi) is 7.83. The number of amidine groups is 1. The lowest BCUT2D eigenvalue weighted by Gasteiger charge is -2.16. The van der Waals surface area contributed by atoms with Gasteiger partial charge < -0.3 is 20.5 Å².